The predicted molar refractivity (Wildman–Crippen MR) is 80.9 cm³/mol. The molecule has 0 bridgehead atoms. The van der Waals surface area contributed by atoms with Gasteiger partial charge in [-0.15, -0.1) is 0 Å². The van der Waals surface area contributed by atoms with E-state index < -0.39 is 0 Å². The van der Waals surface area contributed by atoms with Crippen LogP contribution in [0.15, 0.2) is 0 Å². The Morgan fingerprint density at radius 3 is 2.35 bits per heavy atom. The van der Waals surface area contributed by atoms with E-state index >= 15 is 0 Å². The molecule has 17 heavy (non-hydrogen) atoms. The summed E-state index contributed by atoms with van der Waals surface area (Å²) in [4.78, 5) is 0. The first kappa shape index (κ1) is 15.7. The van der Waals surface area contributed by atoms with Gasteiger partial charge < -0.3 is 9.47 Å². The van der Waals surface area contributed by atoms with Crippen LogP contribution in [-0.2, 0) is 9.47 Å². The van der Waals surface area contributed by atoms with Crippen molar-refractivity contribution in [2.75, 3.05) is 24.2 Å². The van der Waals surface area contributed by atoms with Crippen molar-refractivity contribution in [2.45, 2.75) is 52.1 Å². The van der Waals surface area contributed by atoms with Gasteiger partial charge in [0.15, 0.2) is 0 Å². The smallest absolute Gasteiger partial charge is 0.0772 e. The Labute approximate surface area is 120 Å². The Balaban J connectivity index is 2.33. The minimum atomic E-state index is 0.142. The number of rotatable bonds is 7. The van der Waals surface area contributed by atoms with Gasteiger partial charge in [0.25, 0.3) is 0 Å². The standard InChI is InChI=1S/C14H27IO2/c1-4-16-9-10-17-14(11-15)7-5-13(6-8-14)12(2)3/h12-13H,4-11H2,1-3H3. The predicted octanol–water partition coefficient (Wildman–Crippen LogP) is 4.06. The maximum Gasteiger partial charge on any atom is 0.0772 e. The van der Waals surface area contributed by atoms with Gasteiger partial charge in [0.05, 0.1) is 18.8 Å². The van der Waals surface area contributed by atoms with Crippen LogP contribution in [0.4, 0.5) is 0 Å². The molecule has 0 heterocycles. The molecule has 0 atom stereocenters. The molecule has 2 nitrogen and oxygen atoms in total. The summed E-state index contributed by atoms with van der Waals surface area (Å²) in [6.45, 7) is 9.00. The highest BCUT2D eigenvalue weighted by Crippen LogP contribution is 2.39. The van der Waals surface area contributed by atoms with E-state index in [1.165, 1.54) is 25.7 Å². The Morgan fingerprint density at radius 2 is 1.88 bits per heavy atom. The van der Waals surface area contributed by atoms with Gasteiger partial charge in [-0.2, -0.15) is 0 Å². The zero-order chi connectivity index (χ0) is 12.7. The average molecular weight is 354 g/mol. The van der Waals surface area contributed by atoms with E-state index in [1.807, 2.05) is 6.92 Å². The molecule has 0 N–H and O–H groups in total. The Bertz CT molecular complexity index is 198. The molecule has 1 fully saturated rings. The molecule has 0 aromatic heterocycles. The number of alkyl halides is 1. The number of ether oxygens (including phenoxy) is 2. The van der Waals surface area contributed by atoms with Crippen molar-refractivity contribution in [3.05, 3.63) is 0 Å². The first-order valence-corrected chi connectivity index (χ1v) is 8.44. The van der Waals surface area contributed by atoms with Gasteiger partial charge in [0.2, 0.25) is 0 Å². The number of hydrogen-bond donors (Lipinski definition) is 0. The maximum atomic E-state index is 6.12. The molecule has 1 rings (SSSR count). The summed E-state index contributed by atoms with van der Waals surface area (Å²) in [5.41, 5.74) is 0.142. The zero-order valence-electron chi connectivity index (χ0n) is 11.5. The van der Waals surface area contributed by atoms with Crippen LogP contribution in [0.3, 0.4) is 0 Å². The second kappa shape index (κ2) is 7.95. The van der Waals surface area contributed by atoms with E-state index in [0.717, 1.165) is 36.1 Å². The molecule has 0 aromatic carbocycles. The van der Waals surface area contributed by atoms with Crippen LogP contribution in [0.5, 0.6) is 0 Å². The van der Waals surface area contributed by atoms with Gasteiger partial charge >= 0.3 is 0 Å². The van der Waals surface area contributed by atoms with E-state index in [-0.39, 0.29) is 5.60 Å². The van der Waals surface area contributed by atoms with Gasteiger partial charge in [-0.1, -0.05) is 36.4 Å². The summed E-state index contributed by atoms with van der Waals surface area (Å²) >= 11 is 2.48. The molecule has 1 aliphatic carbocycles. The number of hydrogen-bond acceptors (Lipinski definition) is 2. The normalized spacial score (nSPS) is 29.8. The third-order valence-electron chi connectivity index (χ3n) is 3.97. The van der Waals surface area contributed by atoms with Crippen molar-refractivity contribution < 1.29 is 9.47 Å². The van der Waals surface area contributed by atoms with Crippen molar-refractivity contribution in [3.63, 3.8) is 0 Å². The molecule has 1 saturated carbocycles. The minimum absolute atomic E-state index is 0.142. The average Bonchev–Trinajstić information content (AvgIpc) is 2.35. The lowest BCUT2D eigenvalue weighted by atomic mass is 9.75. The second-order valence-corrected chi connectivity index (χ2v) is 6.21. The summed E-state index contributed by atoms with van der Waals surface area (Å²) in [7, 11) is 0. The molecule has 0 amide bonds. The first-order chi connectivity index (χ1) is 8.13. The van der Waals surface area contributed by atoms with Crippen LogP contribution < -0.4 is 0 Å². The van der Waals surface area contributed by atoms with Crippen LogP contribution in [0.25, 0.3) is 0 Å². The molecule has 102 valence electrons. The van der Waals surface area contributed by atoms with E-state index in [2.05, 4.69) is 36.4 Å². The van der Waals surface area contributed by atoms with Crippen LogP contribution in [0.1, 0.15) is 46.5 Å². The van der Waals surface area contributed by atoms with Crippen LogP contribution in [-0.4, -0.2) is 29.8 Å². The lowest BCUT2D eigenvalue weighted by Gasteiger charge is -2.40. The van der Waals surface area contributed by atoms with E-state index in [1.54, 1.807) is 0 Å². The summed E-state index contributed by atoms with van der Waals surface area (Å²) < 4.78 is 12.6. The Kier molecular flexibility index (Phi) is 7.34. The molecule has 0 spiro atoms. The van der Waals surface area contributed by atoms with Crippen molar-refractivity contribution in [3.8, 4) is 0 Å². The molecule has 0 aliphatic heterocycles. The monoisotopic (exact) mass is 354 g/mol. The first-order valence-electron chi connectivity index (χ1n) is 6.91. The molecule has 3 heteroatoms. The lowest BCUT2D eigenvalue weighted by Crippen LogP contribution is -2.40. The van der Waals surface area contributed by atoms with Gasteiger partial charge in [0.1, 0.15) is 0 Å². The Morgan fingerprint density at radius 1 is 1.24 bits per heavy atom. The van der Waals surface area contributed by atoms with E-state index in [9.17, 15) is 0 Å². The highest BCUT2D eigenvalue weighted by atomic mass is 127. The lowest BCUT2D eigenvalue weighted by molar-refractivity contribution is -0.0794. The molecular weight excluding hydrogens is 327 g/mol. The summed E-state index contributed by atoms with van der Waals surface area (Å²) in [6.07, 6.45) is 5.11. The molecule has 1 aliphatic rings. The fourth-order valence-corrected chi connectivity index (χ4v) is 3.59. The quantitative estimate of drug-likeness (QED) is 0.390. The van der Waals surface area contributed by atoms with Crippen LogP contribution in [0, 0.1) is 11.8 Å². The van der Waals surface area contributed by atoms with Crippen molar-refractivity contribution in [2.24, 2.45) is 11.8 Å². The summed E-state index contributed by atoms with van der Waals surface area (Å²) in [5.74, 6) is 1.73. The summed E-state index contributed by atoms with van der Waals surface area (Å²) in [5, 5.41) is 0. The van der Waals surface area contributed by atoms with E-state index in [4.69, 9.17) is 9.47 Å². The SMILES string of the molecule is CCOCCOC1(CI)CCC(C(C)C)CC1. The van der Waals surface area contributed by atoms with E-state index in [0.29, 0.717) is 0 Å². The van der Waals surface area contributed by atoms with Crippen LogP contribution in [0.2, 0.25) is 0 Å². The van der Waals surface area contributed by atoms with Gasteiger partial charge in [-0.05, 0) is 44.4 Å². The largest absolute Gasteiger partial charge is 0.379 e. The maximum absolute atomic E-state index is 6.12. The van der Waals surface area contributed by atoms with Gasteiger partial charge in [-0.25, -0.2) is 0 Å². The zero-order valence-corrected chi connectivity index (χ0v) is 13.7. The number of halogens is 1. The Hall–Kier alpha value is 0.650. The summed E-state index contributed by atoms with van der Waals surface area (Å²) in [6, 6.07) is 0. The molecule has 0 radical (unpaired) electrons. The van der Waals surface area contributed by atoms with Gasteiger partial charge in [-0.3, -0.25) is 0 Å². The molecular formula is C14H27IO2. The molecule has 0 aromatic rings. The third-order valence-corrected chi connectivity index (χ3v) is 5.36. The second-order valence-electron chi connectivity index (χ2n) is 5.44. The van der Waals surface area contributed by atoms with Crippen molar-refractivity contribution >= 4 is 22.6 Å². The van der Waals surface area contributed by atoms with Crippen LogP contribution >= 0.6 is 22.6 Å². The topological polar surface area (TPSA) is 18.5 Å². The highest BCUT2D eigenvalue weighted by molar-refractivity contribution is 14.1. The highest BCUT2D eigenvalue weighted by Gasteiger charge is 2.35. The van der Waals surface area contributed by atoms with Crippen molar-refractivity contribution in [1.82, 2.24) is 0 Å². The van der Waals surface area contributed by atoms with Gasteiger partial charge in [0, 0.05) is 11.0 Å². The molecule has 0 unspecified atom stereocenters. The fraction of sp³-hybridized carbons (Fsp3) is 1.00. The molecule has 0 saturated heterocycles. The fourth-order valence-electron chi connectivity index (χ4n) is 2.61. The third kappa shape index (κ3) is 5.03. The van der Waals surface area contributed by atoms with Crippen molar-refractivity contribution in [1.29, 1.82) is 0 Å². The minimum Gasteiger partial charge on any atom is -0.379 e.